The average molecular weight is 560 g/mol. The van der Waals surface area contributed by atoms with Crippen molar-refractivity contribution in [3.63, 3.8) is 0 Å². The molecule has 0 aromatic heterocycles. The molecular formula is C36H32O4P. The highest BCUT2D eigenvalue weighted by molar-refractivity contribution is 7.51. The molecule has 5 heteroatoms. The second-order valence-electron chi connectivity index (χ2n) is 11.0. The molecule has 0 amide bonds. The molecule has 0 unspecified atom stereocenters. The van der Waals surface area contributed by atoms with Crippen molar-refractivity contribution in [2.75, 3.05) is 0 Å². The van der Waals surface area contributed by atoms with E-state index in [0.29, 0.717) is 0 Å². The summed E-state index contributed by atoms with van der Waals surface area (Å²) in [4.78, 5) is 0. The molecule has 3 aliphatic rings. The van der Waals surface area contributed by atoms with E-state index in [2.05, 4.69) is 110 Å². The molecule has 0 N–H and O–H groups in total. The first-order valence-corrected chi connectivity index (χ1v) is 15.2. The Morgan fingerprint density at radius 3 is 1.12 bits per heavy atom. The molecule has 41 heavy (non-hydrogen) atoms. The molecule has 7 rings (SSSR count). The van der Waals surface area contributed by atoms with E-state index in [9.17, 15) is 0 Å². The standard InChI is InChI=1S/C36H32O4P/c1-34(2)37-32-33(38-34)36(29-21-11-5-12-22-29,30-23-13-6-14-24-30)40-41(31-25-15-16-26-31)39-35(32,27-17-7-3-8-18-27)28-19-9-4-10-20-28/h3-26,32-33H,1-2H3/t32-,33-/m1/s1. The molecule has 2 atom stereocenters. The van der Waals surface area contributed by atoms with E-state index in [1.165, 1.54) is 0 Å². The molecular weight excluding hydrogens is 527 g/mol. The first-order valence-electron chi connectivity index (χ1n) is 14.0. The topological polar surface area (TPSA) is 36.9 Å². The third-order valence-corrected chi connectivity index (χ3v) is 9.65. The zero-order chi connectivity index (χ0) is 27.9. The second kappa shape index (κ2) is 10.8. The van der Waals surface area contributed by atoms with Gasteiger partial charge in [-0.05, 0) is 61.8 Å². The molecule has 4 aromatic rings. The van der Waals surface area contributed by atoms with Gasteiger partial charge in [-0.3, -0.25) is 0 Å². The zero-order valence-corrected chi connectivity index (χ0v) is 24.0. The predicted molar refractivity (Wildman–Crippen MR) is 161 cm³/mol. The van der Waals surface area contributed by atoms with Crippen LogP contribution in [0.3, 0.4) is 0 Å². The van der Waals surface area contributed by atoms with Crippen molar-refractivity contribution in [1.29, 1.82) is 0 Å². The van der Waals surface area contributed by atoms with Gasteiger partial charge in [0.1, 0.15) is 12.2 Å². The van der Waals surface area contributed by atoms with Gasteiger partial charge in [-0.25, -0.2) is 0 Å². The first-order chi connectivity index (χ1) is 20.0. The maximum atomic E-state index is 7.46. The van der Waals surface area contributed by atoms with Crippen molar-refractivity contribution in [3.05, 3.63) is 175 Å². The summed E-state index contributed by atoms with van der Waals surface area (Å²) in [5.41, 5.74) is 2.88. The number of ether oxygens (including phenoxy) is 2. The van der Waals surface area contributed by atoms with Gasteiger partial charge in [-0.15, -0.1) is 0 Å². The van der Waals surface area contributed by atoms with Crippen LogP contribution < -0.4 is 0 Å². The van der Waals surface area contributed by atoms with Crippen LogP contribution in [0.25, 0.3) is 0 Å². The normalized spacial score (nSPS) is 25.4. The number of hydrogen-bond acceptors (Lipinski definition) is 4. The fraction of sp³-hybridized carbons (Fsp3) is 0.194. The quantitative estimate of drug-likeness (QED) is 0.232. The minimum Gasteiger partial charge on any atom is -0.341 e. The Balaban J connectivity index is 1.56. The highest BCUT2D eigenvalue weighted by Crippen LogP contribution is 2.69. The SMILES string of the molecule is CC1(C)O[C@@H]2[C@@H](O1)C(c1ccccc1)(c1ccccc1)OP([C]1[CH][CH][CH][CH]1)OC2(c1ccccc1)c1ccccc1. The highest BCUT2D eigenvalue weighted by Gasteiger charge is 2.67. The molecule has 205 valence electrons. The third kappa shape index (κ3) is 4.58. The molecule has 5 radical (unpaired) electrons. The van der Waals surface area contributed by atoms with Crippen molar-refractivity contribution in [2.45, 2.75) is 43.0 Å². The summed E-state index contributed by atoms with van der Waals surface area (Å²) in [6.07, 6.45) is 7.10. The van der Waals surface area contributed by atoms with E-state index < -0.39 is 37.6 Å². The third-order valence-electron chi connectivity index (χ3n) is 8.02. The number of hydrogen-bond donors (Lipinski definition) is 0. The van der Waals surface area contributed by atoms with Crippen LogP contribution in [-0.4, -0.2) is 18.0 Å². The van der Waals surface area contributed by atoms with E-state index >= 15 is 0 Å². The largest absolute Gasteiger partial charge is 0.341 e. The molecule has 3 fully saturated rings. The Bertz CT molecular complexity index is 1260. The molecule has 4 nitrogen and oxygen atoms in total. The van der Waals surface area contributed by atoms with Gasteiger partial charge >= 0.3 is 0 Å². The highest BCUT2D eigenvalue weighted by atomic mass is 31.2. The Labute approximate surface area is 244 Å². The summed E-state index contributed by atoms with van der Waals surface area (Å²) >= 11 is 0. The van der Waals surface area contributed by atoms with Gasteiger partial charge in [0.25, 0.3) is 0 Å². The van der Waals surface area contributed by atoms with E-state index in [-0.39, 0.29) is 0 Å². The smallest absolute Gasteiger partial charge is 0.181 e. The lowest BCUT2D eigenvalue weighted by molar-refractivity contribution is -0.174. The van der Waals surface area contributed by atoms with Crippen LogP contribution in [0.1, 0.15) is 36.1 Å². The summed E-state index contributed by atoms with van der Waals surface area (Å²) < 4.78 is 28.9. The summed E-state index contributed by atoms with van der Waals surface area (Å²) in [7, 11) is -1.64. The van der Waals surface area contributed by atoms with Gasteiger partial charge in [0.05, 0.1) is 5.66 Å². The minimum atomic E-state index is -1.64. The predicted octanol–water partition coefficient (Wildman–Crippen LogP) is 8.12. The van der Waals surface area contributed by atoms with Crippen LogP contribution in [0.5, 0.6) is 0 Å². The van der Waals surface area contributed by atoms with Crippen molar-refractivity contribution in [2.24, 2.45) is 0 Å². The molecule has 1 aliphatic carbocycles. The summed E-state index contributed by atoms with van der Waals surface area (Å²) in [5.74, 6) is -0.897. The van der Waals surface area contributed by atoms with E-state index in [4.69, 9.17) is 18.5 Å². The number of benzene rings is 4. The molecule has 0 bridgehead atoms. The lowest BCUT2D eigenvalue weighted by Crippen LogP contribution is -2.53. The van der Waals surface area contributed by atoms with Crippen molar-refractivity contribution in [3.8, 4) is 0 Å². The summed E-state index contributed by atoms with van der Waals surface area (Å²) in [6.45, 7) is 3.95. The van der Waals surface area contributed by atoms with Crippen molar-refractivity contribution in [1.82, 2.24) is 0 Å². The van der Waals surface area contributed by atoms with Crippen molar-refractivity contribution < 1.29 is 18.5 Å². The first kappa shape index (κ1) is 27.0. The number of rotatable bonds is 5. The summed E-state index contributed by atoms with van der Waals surface area (Å²) in [6, 6.07) is 41.5. The van der Waals surface area contributed by atoms with Crippen LogP contribution in [0.2, 0.25) is 0 Å². The van der Waals surface area contributed by atoms with Crippen LogP contribution in [0.15, 0.2) is 121 Å². The van der Waals surface area contributed by atoms with E-state index in [1.807, 2.05) is 51.0 Å². The molecule has 0 spiro atoms. The Hall–Kier alpha value is -2.85. The van der Waals surface area contributed by atoms with Crippen LogP contribution >= 0.6 is 8.38 Å². The minimum absolute atomic E-state index is 0.565. The fourth-order valence-electron chi connectivity index (χ4n) is 6.27. The monoisotopic (exact) mass is 559 g/mol. The van der Waals surface area contributed by atoms with Gasteiger partial charge < -0.3 is 18.5 Å². The lowest BCUT2D eigenvalue weighted by Gasteiger charge is -2.41. The second-order valence-corrected chi connectivity index (χ2v) is 12.4. The number of fused-ring (bicyclic) bond motifs is 1. The van der Waals surface area contributed by atoms with Crippen molar-refractivity contribution >= 4 is 8.38 Å². The molecule has 1 saturated carbocycles. The van der Waals surface area contributed by atoms with E-state index in [1.54, 1.807) is 0 Å². The Morgan fingerprint density at radius 1 is 0.488 bits per heavy atom. The van der Waals surface area contributed by atoms with Gasteiger partial charge in [0, 0.05) is 0 Å². The maximum Gasteiger partial charge on any atom is 0.181 e. The average Bonchev–Trinajstić information content (AvgIpc) is 3.65. The molecule has 2 saturated heterocycles. The van der Waals surface area contributed by atoms with E-state index in [0.717, 1.165) is 27.9 Å². The van der Waals surface area contributed by atoms with Gasteiger partial charge in [0.2, 0.25) is 0 Å². The van der Waals surface area contributed by atoms with Crippen LogP contribution in [0, 0.1) is 31.3 Å². The molecule has 4 aromatic carbocycles. The Kier molecular flexibility index (Phi) is 7.09. The maximum absolute atomic E-state index is 7.46. The van der Waals surface area contributed by atoms with Gasteiger partial charge in [0.15, 0.2) is 25.4 Å². The summed E-state index contributed by atoms with van der Waals surface area (Å²) in [5, 5.41) is 0. The lowest BCUT2D eigenvalue weighted by atomic mass is 9.72. The molecule has 2 aliphatic heterocycles. The molecule has 2 heterocycles. The fourth-order valence-corrected chi connectivity index (χ4v) is 8.09. The van der Waals surface area contributed by atoms with Crippen LogP contribution in [0.4, 0.5) is 0 Å². The van der Waals surface area contributed by atoms with Gasteiger partial charge in [-0.2, -0.15) is 0 Å². The van der Waals surface area contributed by atoms with Crippen LogP contribution in [-0.2, 0) is 29.7 Å². The Morgan fingerprint density at radius 2 is 0.805 bits per heavy atom. The van der Waals surface area contributed by atoms with Gasteiger partial charge in [-0.1, -0.05) is 121 Å². The zero-order valence-electron chi connectivity index (χ0n) is 23.1.